The number of hydrogen-bond acceptors (Lipinski definition) is 15. The fraction of sp³-hybridized carbons (Fsp3) is 0.500. The summed E-state index contributed by atoms with van der Waals surface area (Å²) in [6, 6.07) is 21.1. The van der Waals surface area contributed by atoms with E-state index in [1.807, 2.05) is 29.2 Å². The minimum atomic E-state index is -4.69. The SMILES string of the molecule is CC(C)c1ccccc1[C@@H]1CCCN1C1CC2(CCN(c3ccc(C(=O)NS(=O)(=O)c4cc5c(c([N+](=O)[O-])c4)N[C@H](CN4CCOCC4)CO5)c(N4c5cc6cc[nH]c6nc5O[C@@H]5COC[C@H]54)c3)CC2)C1. The number of nitro benzene ring substituents is 1. The summed E-state index contributed by atoms with van der Waals surface area (Å²) in [7, 11) is -4.69. The number of likely N-dealkylation sites (tertiary alicyclic amines) is 1. The largest absolute Gasteiger partial charge is 0.489 e. The van der Waals surface area contributed by atoms with Crippen molar-refractivity contribution in [3.05, 3.63) is 99.7 Å². The molecule has 2 aromatic heterocycles. The zero-order valence-electron chi connectivity index (χ0n) is 40.2. The zero-order valence-corrected chi connectivity index (χ0v) is 41.0. The van der Waals surface area contributed by atoms with Crippen molar-refractivity contribution < 1.29 is 37.1 Å². The summed E-state index contributed by atoms with van der Waals surface area (Å²) >= 11 is 0. The Kier molecular flexibility index (Phi) is 11.8. The number of aromatic nitrogens is 2. The number of pyridine rings is 1. The molecule has 374 valence electrons. The van der Waals surface area contributed by atoms with Crippen molar-refractivity contribution in [2.75, 3.05) is 87.4 Å². The maximum atomic E-state index is 14.7. The van der Waals surface area contributed by atoms with Crippen LogP contribution in [0.15, 0.2) is 77.8 Å². The monoisotopic (exact) mass is 987 g/mol. The van der Waals surface area contributed by atoms with Crippen LogP contribution in [0.1, 0.15) is 85.8 Å². The normalized spacial score (nSPS) is 24.4. The molecule has 19 heteroatoms. The standard InChI is InChI=1S/C52H61N9O9S/c1-32(2)38-6-3-4-7-39(38)41-8-5-15-59(41)36-26-52(27-36)12-16-58(17-13-52)35-9-10-40(42(23-35)60-44-22-33-11-14-53-49(33)55-51(44)70-47-31-68-30-45(47)60)50(62)56-71(65,66)37-24-43(61(63)64)48-46(25-37)69-29-34(54-48)28-57-18-20-67-21-19-57/h3-4,6-7,9-11,14,22-25,32,34,36,41,45,47,54H,5,8,12-13,15-21,26-31H2,1-2H3,(H,53,55)(H,56,62)/t34-,41+,45-,47-/m1/s1. The summed E-state index contributed by atoms with van der Waals surface area (Å²) in [6.07, 6.45) is 8.31. The first-order chi connectivity index (χ1) is 34.4. The Balaban J connectivity index is 0.823. The molecule has 7 aliphatic rings. The Morgan fingerprint density at radius 1 is 0.958 bits per heavy atom. The number of nitrogens with one attached hydrogen (secondary N) is 3. The number of benzene rings is 3. The second-order valence-electron chi connectivity index (χ2n) is 20.9. The number of amides is 1. The number of fused-ring (bicyclic) bond motifs is 4. The Morgan fingerprint density at radius 3 is 2.58 bits per heavy atom. The van der Waals surface area contributed by atoms with Crippen molar-refractivity contribution in [3.8, 4) is 11.6 Å². The molecule has 12 rings (SSSR count). The molecule has 1 amide bonds. The molecule has 8 heterocycles. The first kappa shape index (κ1) is 46.1. The van der Waals surface area contributed by atoms with Crippen LogP contribution in [0.3, 0.4) is 0 Å². The van der Waals surface area contributed by atoms with Gasteiger partial charge in [-0.15, -0.1) is 0 Å². The quantitative estimate of drug-likeness (QED) is 0.0895. The lowest BCUT2D eigenvalue weighted by Gasteiger charge is -2.56. The number of anilines is 4. The highest BCUT2D eigenvalue weighted by molar-refractivity contribution is 7.90. The first-order valence-corrected chi connectivity index (χ1v) is 26.7. The van der Waals surface area contributed by atoms with Gasteiger partial charge in [0.2, 0.25) is 5.88 Å². The van der Waals surface area contributed by atoms with Crippen molar-refractivity contribution in [2.45, 2.75) is 93.5 Å². The van der Waals surface area contributed by atoms with E-state index >= 15 is 0 Å². The molecule has 3 aromatic carbocycles. The first-order valence-electron chi connectivity index (χ1n) is 25.2. The lowest BCUT2D eigenvalue weighted by Crippen LogP contribution is -2.55. The van der Waals surface area contributed by atoms with Crippen LogP contribution in [-0.2, 0) is 19.5 Å². The van der Waals surface area contributed by atoms with Crippen LogP contribution < -0.4 is 29.3 Å². The highest BCUT2D eigenvalue weighted by Crippen LogP contribution is 2.55. The smallest absolute Gasteiger partial charge is 0.297 e. The van der Waals surface area contributed by atoms with Gasteiger partial charge < -0.3 is 39.0 Å². The fourth-order valence-corrected chi connectivity index (χ4v) is 13.6. The molecule has 0 bridgehead atoms. The van der Waals surface area contributed by atoms with Gasteiger partial charge in [-0.1, -0.05) is 38.1 Å². The number of nitro groups is 1. The summed E-state index contributed by atoms with van der Waals surface area (Å²) in [5, 5.41) is 16.6. The number of sulfonamides is 1. The van der Waals surface area contributed by atoms with Crippen LogP contribution in [-0.4, -0.2) is 136 Å². The average Bonchev–Trinajstić information content (AvgIpc) is 4.16. The maximum absolute atomic E-state index is 14.7. The van der Waals surface area contributed by atoms with E-state index in [2.05, 4.69) is 67.8 Å². The molecule has 0 radical (unpaired) electrons. The van der Waals surface area contributed by atoms with E-state index in [0.29, 0.717) is 73.9 Å². The molecular weight excluding hydrogens is 927 g/mol. The number of rotatable bonds is 11. The third kappa shape index (κ3) is 8.52. The number of morpholine rings is 1. The van der Waals surface area contributed by atoms with Gasteiger partial charge in [-0.25, -0.2) is 13.1 Å². The van der Waals surface area contributed by atoms with Gasteiger partial charge in [0, 0.05) is 74.2 Å². The van der Waals surface area contributed by atoms with Gasteiger partial charge >= 0.3 is 0 Å². The number of ether oxygens (including phenoxy) is 4. The van der Waals surface area contributed by atoms with E-state index < -0.39 is 37.5 Å². The maximum Gasteiger partial charge on any atom is 0.297 e. The minimum absolute atomic E-state index is 0.0180. The Hall–Kier alpha value is -5.99. The summed E-state index contributed by atoms with van der Waals surface area (Å²) < 4.78 is 54.8. The highest BCUT2D eigenvalue weighted by Gasteiger charge is 2.50. The van der Waals surface area contributed by atoms with E-state index in [1.54, 1.807) is 12.3 Å². The van der Waals surface area contributed by atoms with Gasteiger partial charge in [-0.2, -0.15) is 4.98 Å². The van der Waals surface area contributed by atoms with E-state index in [4.69, 9.17) is 23.9 Å². The Bertz CT molecular complexity index is 2980. The number of aromatic amines is 1. The molecule has 0 unspecified atom stereocenters. The van der Waals surface area contributed by atoms with Crippen LogP contribution in [0.5, 0.6) is 11.6 Å². The lowest BCUT2D eigenvalue weighted by atomic mass is 9.59. The summed E-state index contributed by atoms with van der Waals surface area (Å²) in [4.78, 5) is 43.5. The van der Waals surface area contributed by atoms with E-state index in [-0.39, 0.29) is 41.1 Å². The van der Waals surface area contributed by atoms with Crippen molar-refractivity contribution in [1.82, 2.24) is 24.5 Å². The average molecular weight is 988 g/mol. The number of hydrogen-bond donors (Lipinski definition) is 3. The molecule has 1 saturated carbocycles. The van der Waals surface area contributed by atoms with Crippen LogP contribution in [0.4, 0.5) is 28.4 Å². The summed E-state index contributed by atoms with van der Waals surface area (Å²) in [5.74, 6) is -0.0278. The molecule has 18 nitrogen and oxygen atoms in total. The number of carbonyl (C=O) groups is 1. The molecule has 6 aliphatic heterocycles. The predicted octanol–water partition coefficient (Wildman–Crippen LogP) is 7.10. The Morgan fingerprint density at radius 2 is 1.77 bits per heavy atom. The predicted molar refractivity (Wildman–Crippen MR) is 268 cm³/mol. The second kappa shape index (κ2) is 18.2. The van der Waals surface area contributed by atoms with Gasteiger partial charge in [-0.05, 0) is 97.9 Å². The van der Waals surface area contributed by atoms with E-state index in [1.165, 1.54) is 42.9 Å². The number of H-pyrrole nitrogens is 1. The molecule has 5 aromatic rings. The van der Waals surface area contributed by atoms with Crippen molar-refractivity contribution in [1.29, 1.82) is 0 Å². The van der Waals surface area contributed by atoms with Crippen LogP contribution in [0.2, 0.25) is 0 Å². The molecule has 3 N–H and O–H groups in total. The molecule has 4 saturated heterocycles. The zero-order chi connectivity index (χ0) is 48.6. The van der Waals surface area contributed by atoms with Crippen LogP contribution >= 0.6 is 0 Å². The van der Waals surface area contributed by atoms with E-state index in [0.717, 1.165) is 62.7 Å². The molecular formula is C52H61N9O9S. The lowest BCUT2D eigenvalue weighted by molar-refractivity contribution is -0.384. The number of piperidine rings is 1. The van der Waals surface area contributed by atoms with E-state index in [9.17, 15) is 23.3 Å². The topological polar surface area (TPSA) is 197 Å². The summed E-state index contributed by atoms with van der Waals surface area (Å²) in [5.41, 5.74) is 5.61. The Labute approximate surface area is 413 Å². The van der Waals surface area contributed by atoms with Gasteiger partial charge in [0.25, 0.3) is 21.6 Å². The highest BCUT2D eigenvalue weighted by atomic mass is 32.2. The van der Waals surface area contributed by atoms with Crippen LogP contribution in [0.25, 0.3) is 11.0 Å². The van der Waals surface area contributed by atoms with Crippen molar-refractivity contribution in [3.63, 3.8) is 0 Å². The van der Waals surface area contributed by atoms with Crippen molar-refractivity contribution >= 4 is 55.4 Å². The van der Waals surface area contributed by atoms with Crippen LogP contribution in [0, 0.1) is 15.5 Å². The van der Waals surface area contributed by atoms with Gasteiger partial charge in [0.15, 0.2) is 11.4 Å². The molecule has 1 aliphatic carbocycles. The van der Waals surface area contributed by atoms with Gasteiger partial charge in [-0.3, -0.25) is 24.7 Å². The fourth-order valence-electron chi connectivity index (χ4n) is 12.6. The van der Waals surface area contributed by atoms with Gasteiger partial charge in [0.05, 0.1) is 59.6 Å². The molecule has 5 fully saturated rings. The third-order valence-electron chi connectivity index (χ3n) is 16.2. The molecule has 4 atom stereocenters. The number of carbonyl (C=O) groups excluding carboxylic acids is 1. The molecule has 71 heavy (non-hydrogen) atoms. The van der Waals surface area contributed by atoms with Crippen molar-refractivity contribution in [2.24, 2.45) is 5.41 Å². The second-order valence-corrected chi connectivity index (χ2v) is 22.5. The third-order valence-corrected chi connectivity index (χ3v) is 17.6. The number of nitrogens with zero attached hydrogens (tertiary/aromatic N) is 6. The molecule has 1 spiro atoms. The minimum Gasteiger partial charge on any atom is -0.489 e. The summed E-state index contributed by atoms with van der Waals surface area (Å²) in [6.45, 7) is 11.4. The van der Waals surface area contributed by atoms with Gasteiger partial charge in [0.1, 0.15) is 24.0 Å².